The number of aromatic nitrogens is 4. The van der Waals surface area contributed by atoms with Gasteiger partial charge in [0.2, 0.25) is 4.96 Å². The molecule has 0 spiro atoms. The minimum Gasteiger partial charge on any atom is -0.486 e. The fourth-order valence-electron chi connectivity index (χ4n) is 2.69. The molecular weight excluding hydrogens is 424 g/mol. The highest BCUT2D eigenvalue weighted by atomic mass is 79.9. The van der Waals surface area contributed by atoms with Gasteiger partial charge in [-0.05, 0) is 35.2 Å². The maximum absolute atomic E-state index is 5.81. The van der Waals surface area contributed by atoms with E-state index in [0.717, 1.165) is 31.6 Å². The van der Waals surface area contributed by atoms with Gasteiger partial charge >= 0.3 is 0 Å². The van der Waals surface area contributed by atoms with Crippen molar-refractivity contribution in [3.63, 3.8) is 0 Å². The molecule has 0 N–H and O–H groups in total. The van der Waals surface area contributed by atoms with Crippen LogP contribution in [0.25, 0.3) is 16.3 Å². The molecule has 4 aromatic rings. The summed E-state index contributed by atoms with van der Waals surface area (Å²) in [6, 6.07) is 16.2. The van der Waals surface area contributed by atoms with E-state index >= 15 is 0 Å². The van der Waals surface area contributed by atoms with Crippen molar-refractivity contribution >= 4 is 32.2 Å². The van der Waals surface area contributed by atoms with Crippen molar-refractivity contribution < 1.29 is 4.74 Å². The van der Waals surface area contributed by atoms with Crippen molar-refractivity contribution in [3.05, 3.63) is 63.6 Å². The summed E-state index contributed by atoms with van der Waals surface area (Å²) in [5.74, 6) is 1.55. The lowest BCUT2D eigenvalue weighted by atomic mass is 9.87. The summed E-state index contributed by atoms with van der Waals surface area (Å²) in [7, 11) is 0. The topological polar surface area (TPSA) is 52.3 Å². The second kappa shape index (κ2) is 7.05. The molecular formula is C20H19BrN4OS. The zero-order valence-electron chi connectivity index (χ0n) is 15.3. The quantitative estimate of drug-likeness (QED) is 0.419. The number of rotatable bonds is 4. The lowest BCUT2D eigenvalue weighted by molar-refractivity contribution is 0.304. The Balaban J connectivity index is 1.56. The lowest BCUT2D eigenvalue weighted by Gasteiger charge is -2.18. The van der Waals surface area contributed by atoms with Gasteiger partial charge in [-0.25, -0.2) is 0 Å². The van der Waals surface area contributed by atoms with Crippen LogP contribution in [0.15, 0.2) is 53.0 Å². The van der Waals surface area contributed by atoms with Gasteiger partial charge in [-0.2, -0.15) is 9.61 Å². The van der Waals surface area contributed by atoms with Crippen LogP contribution in [0, 0.1) is 0 Å². The molecule has 0 fully saturated rings. The van der Waals surface area contributed by atoms with Crippen molar-refractivity contribution in [1.82, 2.24) is 19.8 Å². The van der Waals surface area contributed by atoms with E-state index < -0.39 is 0 Å². The van der Waals surface area contributed by atoms with E-state index in [1.54, 1.807) is 4.52 Å². The van der Waals surface area contributed by atoms with Crippen molar-refractivity contribution in [3.8, 4) is 17.1 Å². The maximum Gasteiger partial charge on any atom is 0.235 e. The largest absolute Gasteiger partial charge is 0.486 e. The maximum atomic E-state index is 5.81. The molecule has 0 atom stereocenters. The Morgan fingerprint density at radius 3 is 2.37 bits per heavy atom. The lowest BCUT2D eigenvalue weighted by Crippen LogP contribution is -2.10. The summed E-state index contributed by atoms with van der Waals surface area (Å²) in [6.45, 7) is 7.01. The summed E-state index contributed by atoms with van der Waals surface area (Å²) in [4.78, 5) is 0.763. The molecule has 2 aromatic carbocycles. The molecule has 2 heterocycles. The fraction of sp³-hybridized carbons (Fsp3) is 0.250. The molecule has 0 saturated carbocycles. The van der Waals surface area contributed by atoms with Crippen molar-refractivity contribution in [1.29, 1.82) is 0 Å². The summed E-state index contributed by atoms with van der Waals surface area (Å²) in [5, 5.41) is 14.0. The first kappa shape index (κ1) is 18.1. The van der Waals surface area contributed by atoms with Gasteiger partial charge in [-0.15, -0.1) is 10.2 Å². The van der Waals surface area contributed by atoms with E-state index in [2.05, 4.69) is 76.3 Å². The number of fused-ring (bicyclic) bond motifs is 1. The third kappa shape index (κ3) is 3.89. The Bertz CT molecular complexity index is 1060. The number of hydrogen-bond acceptors (Lipinski definition) is 5. The van der Waals surface area contributed by atoms with Crippen LogP contribution >= 0.6 is 27.3 Å². The number of nitrogens with zero attached hydrogens (tertiary/aromatic N) is 4. The molecule has 0 amide bonds. The number of ether oxygens (including phenoxy) is 1. The van der Waals surface area contributed by atoms with Crippen molar-refractivity contribution in [2.45, 2.75) is 32.8 Å². The standard InChI is InChI=1S/C20H19BrN4OS/c1-20(2,3)14-6-4-13(5-7-14)18-22-23-19-25(18)24-17(27-19)12-26-16-10-8-15(21)9-11-16/h4-11H,12H2,1-3H3. The molecule has 5 nitrogen and oxygen atoms in total. The number of halogens is 1. The van der Waals surface area contributed by atoms with E-state index in [1.807, 2.05) is 24.3 Å². The molecule has 0 aliphatic heterocycles. The van der Waals surface area contributed by atoms with E-state index in [0.29, 0.717) is 6.61 Å². The predicted molar refractivity (Wildman–Crippen MR) is 111 cm³/mol. The molecule has 0 aliphatic carbocycles. The highest BCUT2D eigenvalue weighted by molar-refractivity contribution is 9.10. The Hall–Kier alpha value is -2.25. The molecule has 0 bridgehead atoms. The van der Waals surface area contributed by atoms with Crippen LogP contribution in [0.5, 0.6) is 5.75 Å². The normalized spacial score (nSPS) is 11.9. The van der Waals surface area contributed by atoms with Crippen molar-refractivity contribution in [2.75, 3.05) is 0 Å². The highest BCUT2D eigenvalue weighted by Crippen LogP contribution is 2.27. The number of benzene rings is 2. The highest BCUT2D eigenvalue weighted by Gasteiger charge is 2.16. The predicted octanol–water partition coefficient (Wildman–Crippen LogP) is 5.49. The van der Waals surface area contributed by atoms with Gasteiger partial charge in [0.05, 0.1) is 0 Å². The monoisotopic (exact) mass is 442 g/mol. The second-order valence-corrected chi connectivity index (χ2v) is 9.24. The Morgan fingerprint density at radius 2 is 1.70 bits per heavy atom. The van der Waals surface area contributed by atoms with Crippen LogP contribution in [0.3, 0.4) is 0 Å². The van der Waals surface area contributed by atoms with Gasteiger partial charge < -0.3 is 4.74 Å². The Kier molecular flexibility index (Phi) is 4.74. The first-order chi connectivity index (χ1) is 12.9. The van der Waals surface area contributed by atoms with E-state index in [9.17, 15) is 0 Å². The minimum atomic E-state index is 0.122. The zero-order valence-corrected chi connectivity index (χ0v) is 17.7. The van der Waals surface area contributed by atoms with Gasteiger partial charge in [0.1, 0.15) is 12.4 Å². The first-order valence-electron chi connectivity index (χ1n) is 8.60. The molecule has 0 saturated heterocycles. The van der Waals surface area contributed by atoms with Gasteiger partial charge in [0, 0.05) is 10.0 Å². The molecule has 4 rings (SSSR count). The van der Waals surface area contributed by atoms with E-state index in [-0.39, 0.29) is 5.41 Å². The molecule has 7 heteroatoms. The molecule has 138 valence electrons. The second-order valence-electron chi connectivity index (χ2n) is 7.28. The third-order valence-electron chi connectivity index (χ3n) is 4.22. The average Bonchev–Trinajstić information content (AvgIpc) is 3.21. The van der Waals surface area contributed by atoms with Crippen LogP contribution in [0.1, 0.15) is 31.3 Å². The minimum absolute atomic E-state index is 0.122. The van der Waals surface area contributed by atoms with Crippen LogP contribution in [0.4, 0.5) is 0 Å². The van der Waals surface area contributed by atoms with Gasteiger partial charge in [-0.3, -0.25) is 0 Å². The Morgan fingerprint density at radius 1 is 1.00 bits per heavy atom. The molecule has 27 heavy (non-hydrogen) atoms. The molecule has 2 aromatic heterocycles. The third-order valence-corrected chi connectivity index (χ3v) is 5.62. The van der Waals surface area contributed by atoms with Gasteiger partial charge in [0.15, 0.2) is 10.8 Å². The van der Waals surface area contributed by atoms with Crippen LogP contribution in [0.2, 0.25) is 0 Å². The van der Waals surface area contributed by atoms with Crippen LogP contribution in [-0.2, 0) is 12.0 Å². The smallest absolute Gasteiger partial charge is 0.235 e. The van der Waals surface area contributed by atoms with Crippen LogP contribution in [-0.4, -0.2) is 19.8 Å². The summed E-state index contributed by atoms with van der Waals surface area (Å²) < 4.78 is 8.62. The zero-order chi connectivity index (χ0) is 19.0. The Labute approximate surface area is 170 Å². The first-order valence-corrected chi connectivity index (χ1v) is 10.2. The molecule has 0 unspecified atom stereocenters. The number of hydrogen-bond donors (Lipinski definition) is 0. The fourth-order valence-corrected chi connectivity index (χ4v) is 3.70. The molecule has 0 radical (unpaired) electrons. The average molecular weight is 443 g/mol. The summed E-state index contributed by atoms with van der Waals surface area (Å²) in [5.41, 5.74) is 2.41. The van der Waals surface area contributed by atoms with Gasteiger partial charge in [0.25, 0.3) is 0 Å². The van der Waals surface area contributed by atoms with Gasteiger partial charge in [-0.1, -0.05) is 72.3 Å². The van der Waals surface area contributed by atoms with Crippen LogP contribution < -0.4 is 4.74 Å². The van der Waals surface area contributed by atoms with E-state index in [1.165, 1.54) is 16.9 Å². The SMILES string of the molecule is CC(C)(C)c1ccc(-c2nnc3sc(COc4ccc(Br)cc4)nn23)cc1. The summed E-state index contributed by atoms with van der Waals surface area (Å²) >= 11 is 4.91. The summed E-state index contributed by atoms with van der Waals surface area (Å²) in [6.07, 6.45) is 0. The molecule has 0 aliphatic rings. The van der Waals surface area contributed by atoms with E-state index in [4.69, 9.17) is 4.74 Å². The van der Waals surface area contributed by atoms with Crippen molar-refractivity contribution in [2.24, 2.45) is 0 Å².